The highest BCUT2D eigenvalue weighted by atomic mass is 32.1. The second-order valence-corrected chi connectivity index (χ2v) is 8.84. The zero-order valence-corrected chi connectivity index (χ0v) is 20.3. The fraction of sp³-hybridized carbons (Fsp3) is 0.192. The van der Waals surface area contributed by atoms with Gasteiger partial charge in [0.15, 0.2) is 5.11 Å². The Balaban J connectivity index is 1.78. The fourth-order valence-electron chi connectivity index (χ4n) is 4.13. The minimum atomic E-state index is -4.59. The van der Waals surface area contributed by atoms with Gasteiger partial charge in [-0.3, -0.25) is 19.8 Å². The average molecular weight is 498 g/mol. The largest absolute Gasteiger partial charge is 0.416 e. The summed E-state index contributed by atoms with van der Waals surface area (Å²) in [5, 5.41) is 2.14. The Morgan fingerprint density at radius 2 is 1.69 bits per heavy atom. The number of alkyl halides is 3. The summed E-state index contributed by atoms with van der Waals surface area (Å²) in [7, 11) is 0. The van der Waals surface area contributed by atoms with E-state index >= 15 is 0 Å². The van der Waals surface area contributed by atoms with Gasteiger partial charge in [-0.15, -0.1) is 0 Å². The van der Waals surface area contributed by atoms with E-state index in [4.69, 9.17) is 12.2 Å². The van der Waals surface area contributed by atoms with Crippen LogP contribution in [0.15, 0.2) is 54.1 Å². The van der Waals surface area contributed by atoms with Crippen LogP contribution in [0.1, 0.15) is 33.6 Å². The number of hydrogen-bond acceptors (Lipinski definition) is 3. The molecule has 0 radical (unpaired) electrons. The lowest BCUT2D eigenvalue weighted by Crippen LogP contribution is -2.54. The normalized spacial score (nSPS) is 15.7. The molecule has 1 aliphatic rings. The lowest BCUT2D eigenvalue weighted by atomic mass is 10.1. The Hall–Kier alpha value is -3.72. The maximum Gasteiger partial charge on any atom is 0.416 e. The molecule has 0 aliphatic carbocycles. The number of carbonyl (C=O) groups is 2. The smallest absolute Gasteiger partial charge is 0.318 e. The van der Waals surface area contributed by atoms with Gasteiger partial charge in [-0.25, -0.2) is 0 Å². The first kappa shape index (κ1) is 24.4. The van der Waals surface area contributed by atoms with Crippen molar-refractivity contribution in [1.82, 2.24) is 9.88 Å². The Morgan fingerprint density at radius 1 is 0.971 bits per heavy atom. The van der Waals surface area contributed by atoms with Crippen molar-refractivity contribution in [2.24, 2.45) is 0 Å². The highest BCUT2D eigenvalue weighted by molar-refractivity contribution is 7.80. The summed E-state index contributed by atoms with van der Waals surface area (Å²) in [6.45, 7) is 7.79. The number of halogens is 3. The fourth-order valence-corrected chi connectivity index (χ4v) is 4.41. The van der Waals surface area contributed by atoms with Gasteiger partial charge in [0, 0.05) is 17.1 Å². The number of aryl methyl sites for hydroxylation is 3. The summed E-state index contributed by atoms with van der Waals surface area (Å²) in [5.41, 5.74) is 4.24. The zero-order chi connectivity index (χ0) is 25.7. The SMILES string of the molecule is Cc1ccc(C)c(-n2c(C)cc(/C=C3\C(=O)NC(=S)N(c4cccc(C(F)(F)F)c4)C3=O)c2C)c1. The van der Waals surface area contributed by atoms with E-state index in [1.54, 1.807) is 0 Å². The first-order valence-electron chi connectivity index (χ1n) is 10.7. The van der Waals surface area contributed by atoms with Crippen molar-refractivity contribution in [2.75, 3.05) is 4.90 Å². The highest BCUT2D eigenvalue weighted by Crippen LogP contribution is 2.33. The van der Waals surface area contributed by atoms with Gasteiger partial charge in [0.25, 0.3) is 11.8 Å². The van der Waals surface area contributed by atoms with Crippen molar-refractivity contribution in [3.63, 3.8) is 0 Å². The molecule has 2 heterocycles. The Kier molecular flexibility index (Phi) is 6.14. The molecular formula is C26H22F3N3O2S. The summed E-state index contributed by atoms with van der Waals surface area (Å²) in [6.07, 6.45) is -3.14. The molecule has 0 atom stereocenters. The van der Waals surface area contributed by atoms with E-state index in [9.17, 15) is 22.8 Å². The quantitative estimate of drug-likeness (QED) is 0.293. The van der Waals surface area contributed by atoms with Crippen molar-refractivity contribution in [2.45, 2.75) is 33.9 Å². The van der Waals surface area contributed by atoms with Crippen LogP contribution >= 0.6 is 12.2 Å². The van der Waals surface area contributed by atoms with Crippen LogP contribution in [-0.2, 0) is 15.8 Å². The van der Waals surface area contributed by atoms with E-state index in [0.717, 1.165) is 45.2 Å². The molecule has 0 spiro atoms. The third kappa shape index (κ3) is 4.51. The summed E-state index contributed by atoms with van der Waals surface area (Å²) in [5.74, 6) is -1.51. The molecule has 1 aromatic heterocycles. The molecular weight excluding hydrogens is 475 g/mol. The number of amides is 2. The van der Waals surface area contributed by atoms with Gasteiger partial charge in [0.1, 0.15) is 5.57 Å². The lowest BCUT2D eigenvalue weighted by molar-refractivity contribution is -0.137. The van der Waals surface area contributed by atoms with E-state index in [2.05, 4.69) is 11.4 Å². The summed E-state index contributed by atoms with van der Waals surface area (Å²) in [4.78, 5) is 26.9. The third-order valence-corrected chi connectivity index (χ3v) is 6.19. The maximum atomic E-state index is 13.3. The van der Waals surface area contributed by atoms with Crippen LogP contribution in [0.4, 0.5) is 18.9 Å². The number of aromatic nitrogens is 1. The maximum absolute atomic E-state index is 13.3. The van der Waals surface area contributed by atoms with Gasteiger partial charge in [-0.1, -0.05) is 18.2 Å². The molecule has 2 aromatic carbocycles. The molecule has 180 valence electrons. The van der Waals surface area contributed by atoms with Gasteiger partial charge < -0.3 is 4.57 Å². The number of rotatable bonds is 3. The monoisotopic (exact) mass is 497 g/mol. The summed E-state index contributed by atoms with van der Waals surface area (Å²) in [6, 6.07) is 12.2. The van der Waals surface area contributed by atoms with Crippen LogP contribution in [-0.4, -0.2) is 21.5 Å². The van der Waals surface area contributed by atoms with Crippen molar-refractivity contribution >= 4 is 40.9 Å². The number of thiocarbonyl (C=S) groups is 1. The van der Waals surface area contributed by atoms with Crippen molar-refractivity contribution in [3.05, 3.63) is 87.7 Å². The molecule has 2 amide bonds. The number of carbonyl (C=O) groups excluding carboxylic acids is 2. The Bertz CT molecular complexity index is 1420. The van der Waals surface area contributed by atoms with Crippen LogP contribution < -0.4 is 10.2 Å². The average Bonchev–Trinajstić information content (AvgIpc) is 3.05. The zero-order valence-electron chi connectivity index (χ0n) is 19.4. The predicted molar refractivity (Wildman–Crippen MR) is 132 cm³/mol. The second kappa shape index (κ2) is 8.81. The molecule has 0 bridgehead atoms. The van der Waals surface area contributed by atoms with E-state index < -0.39 is 23.6 Å². The Morgan fingerprint density at radius 3 is 2.37 bits per heavy atom. The topological polar surface area (TPSA) is 54.3 Å². The first-order chi connectivity index (χ1) is 16.4. The van der Waals surface area contributed by atoms with Gasteiger partial charge >= 0.3 is 6.18 Å². The number of nitrogens with one attached hydrogen (secondary N) is 1. The molecule has 1 saturated heterocycles. The van der Waals surface area contributed by atoms with Crippen molar-refractivity contribution in [1.29, 1.82) is 0 Å². The number of hydrogen-bond donors (Lipinski definition) is 1. The molecule has 1 N–H and O–H groups in total. The van der Waals surface area contributed by atoms with Gasteiger partial charge in [0.05, 0.1) is 11.3 Å². The molecule has 9 heteroatoms. The van der Waals surface area contributed by atoms with Crippen LogP contribution in [0.25, 0.3) is 11.8 Å². The van der Waals surface area contributed by atoms with E-state index in [1.165, 1.54) is 18.2 Å². The van der Waals surface area contributed by atoms with Crippen LogP contribution in [0, 0.1) is 27.7 Å². The number of nitrogens with zero attached hydrogens (tertiary/aromatic N) is 2. The molecule has 35 heavy (non-hydrogen) atoms. The van der Waals surface area contributed by atoms with Crippen molar-refractivity contribution < 1.29 is 22.8 Å². The highest BCUT2D eigenvalue weighted by Gasteiger charge is 2.37. The molecule has 0 saturated carbocycles. The molecule has 4 rings (SSSR count). The molecule has 3 aromatic rings. The summed E-state index contributed by atoms with van der Waals surface area (Å²) < 4.78 is 41.7. The second-order valence-electron chi connectivity index (χ2n) is 8.46. The molecule has 1 fully saturated rings. The molecule has 5 nitrogen and oxygen atoms in total. The Labute approximate surface area is 205 Å². The van der Waals surface area contributed by atoms with Crippen LogP contribution in [0.5, 0.6) is 0 Å². The minimum Gasteiger partial charge on any atom is -0.318 e. The van der Waals surface area contributed by atoms with Crippen LogP contribution in [0.2, 0.25) is 0 Å². The van der Waals surface area contributed by atoms with Gasteiger partial charge in [-0.05, 0) is 93.0 Å². The van der Waals surface area contributed by atoms with Crippen LogP contribution in [0.3, 0.4) is 0 Å². The van der Waals surface area contributed by atoms with Gasteiger partial charge in [-0.2, -0.15) is 13.2 Å². The third-order valence-electron chi connectivity index (χ3n) is 5.91. The lowest BCUT2D eigenvalue weighted by Gasteiger charge is -2.29. The number of benzene rings is 2. The van der Waals surface area contributed by atoms with E-state index in [1.807, 2.05) is 50.5 Å². The standard InChI is InChI=1S/C26H22F3N3O2S/c1-14-8-9-15(2)22(10-14)31-16(3)11-18(17(31)4)12-21-23(33)30-25(35)32(24(21)34)20-7-5-6-19(13-20)26(27,28)29/h5-13H,1-4H3,(H,30,33,35)/b21-12+. The molecule has 0 unspecified atom stereocenters. The number of anilines is 1. The summed E-state index contributed by atoms with van der Waals surface area (Å²) >= 11 is 5.12. The van der Waals surface area contributed by atoms with E-state index in [0.29, 0.717) is 5.56 Å². The predicted octanol–water partition coefficient (Wildman–Crippen LogP) is 5.56. The minimum absolute atomic E-state index is 0.0819. The molecule has 1 aliphatic heterocycles. The first-order valence-corrected chi connectivity index (χ1v) is 11.1. The van der Waals surface area contributed by atoms with Gasteiger partial charge in [0.2, 0.25) is 0 Å². The van der Waals surface area contributed by atoms with Crippen molar-refractivity contribution in [3.8, 4) is 5.69 Å². The van der Waals surface area contributed by atoms with E-state index in [-0.39, 0.29) is 16.4 Å².